The fraction of sp³-hybridized carbons (Fsp3) is 0.217. The van der Waals surface area contributed by atoms with Crippen LogP contribution in [-0.4, -0.2) is 55.9 Å². The van der Waals surface area contributed by atoms with Crippen LogP contribution >= 0.6 is 15.9 Å². The van der Waals surface area contributed by atoms with E-state index in [4.69, 9.17) is 4.74 Å². The molecule has 1 aliphatic heterocycles. The van der Waals surface area contributed by atoms with Crippen LogP contribution in [-0.2, 0) is 34.6 Å². The number of nitrogens with zero attached hydrogens (tertiary/aromatic N) is 1. The van der Waals surface area contributed by atoms with Gasteiger partial charge in [-0.2, -0.15) is 4.31 Å². The summed E-state index contributed by atoms with van der Waals surface area (Å²) in [6, 6.07) is 15.2. The lowest BCUT2D eigenvalue weighted by Gasteiger charge is -2.26. The van der Waals surface area contributed by atoms with Crippen LogP contribution in [0.4, 0.5) is 5.69 Å². The van der Waals surface area contributed by atoms with Gasteiger partial charge in [0.25, 0.3) is 10.0 Å². The van der Waals surface area contributed by atoms with Crippen LogP contribution in [0.1, 0.15) is 5.56 Å². The smallest absolute Gasteiger partial charge is 0.261 e. The van der Waals surface area contributed by atoms with Crippen LogP contribution in [0.2, 0.25) is 0 Å². The van der Waals surface area contributed by atoms with Gasteiger partial charge in [0.1, 0.15) is 0 Å². The van der Waals surface area contributed by atoms with Crippen molar-refractivity contribution in [3.05, 3.63) is 76.8 Å². The highest BCUT2D eigenvalue weighted by molar-refractivity contribution is 9.10. The molecule has 1 N–H and O–H groups in total. The molecule has 9 nitrogen and oxygen atoms in total. The Hall–Kier alpha value is -2.29. The van der Waals surface area contributed by atoms with E-state index in [-0.39, 0.29) is 51.6 Å². The third kappa shape index (κ3) is 5.50. The Bertz CT molecular complexity index is 1600. The maximum absolute atomic E-state index is 13.2. The number of ether oxygens (including phenoxy) is 1. The predicted octanol–water partition coefficient (Wildman–Crippen LogP) is 3.41. The fourth-order valence-electron chi connectivity index (χ4n) is 3.57. The molecule has 0 bridgehead atoms. The van der Waals surface area contributed by atoms with Gasteiger partial charge in [0, 0.05) is 17.6 Å². The van der Waals surface area contributed by atoms with Crippen molar-refractivity contribution in [2.24, 2.45) is 0 Å². The molecule has 0 amide bonds. The van der Waals surface area contributed by atoms with E-state index < -0.39 is 29.9 Å². The van der Waals surface area contributed by atoms with E-state index in [2.05, 4.69) is 20.7 Å². The van der Waals surface area contributed by atoms with Gasteiger partial charge in [0.05, 0.1) is 38.5 Å². The molecule has 0 unspecified atom stereocenters. The molecule has 3 aromatic rings. The molecule has 1 saturated heterocycles. The minimum absolute atomic E-state index is 0.0186. The topological polar surface area (TPSA) is 127 Å². The van der Waals surface area contributed by atoms with E-state index in [0.717, 1.165) is 6.07 Å². The minimum Gasteiger partial charge on any atom is -0.379 e. The van der Waals surface area contributed by atoms with E-state index in [9.17, 15) is 25.3 Å². The van der Waals surface area contributed by atoms with E-state index >= 15 is 0 Å². The van der Waals surface area contributed by atoms with Crippen molar-refractivity contribution in [2.75, 3.05) is 31.0 Å². The van der Waals surface area contributed by atoms with Gasteiger partial charge in [0.2, 0.25) is 19.9 Å². The van der Waals surface area contributed by atoms with Gasteiger partial charge in [-0.05, 0) is 67.1 Å². The lowest BCUT2D eigenvalue weighted by Crippen LogP contribution is -2.40. The first-order valence-electron chi connectivity index (χ1n) is 10.7. The van der Waals surface area contributed by atoms with E-state index in [1.807, 2.05) is 0 Å². The number of sulfone groups is 1. The summed E-state index contributed by atoms with van der Waals surface area (Å²) in [5.41, 5.74) is 0.573. The Kier molecular flexibility index (Phi) is 7.60. The van der Waals surface area contributed by atoms with Crippen LogP contribution in [0.3, 0.4) is 0 Å². The average molecular weight is 616 g/mol. The SMILES string of the molecule is Cc1ccc(S(=O)(=O)N2CCOCC2)cc1NS(=O)(=O)c1cccc(S(=O)(=O)c2ccc(Br)cc2)c1. The second-order valence-electron chi connectivity index (χ2n) is 8.03. The molecule has 1 fully saturated rings. The highest BCUT2D eigenvalue weighted by Gasteiger charge is 2.28. The van der Waals surface area contributed by atoms with Gasteiger partial charge >= 0.3 is 0 Å². The molecule has 3 aromatic carbocycles. The highest BCUT2D eigenvalue weighted by atomic mass is 79.9. The largest absolute Gasteiger partial charge is 0.379 e. The number of anilines is 1. The first kappa shape index (κ1) is 26.8. The zero-order chi connectivity index (χ0) is 26.1. The second-order valence-corrected chi connectivity index (χ2v) is 14.5. The monoisotopic (exact) mass is 614 g/mol. The molecule has 13 heteroatoms. The normalized spacial score (nSPS) is 15.5. The Morgan fingerprint density at radius 1 is 0.778 bits per heavy atom. The van der Waals surface area contributed by atoms with Gasteiger partial charge < -0.3 is 4.74 Å². The van der Waals surface area contributed by atoms with E-state index in [1.54, 1.807) is 19.1 Å². The maximum atomic E-state index is 13.2. The third-order valence-electron chi connectivity index (χ3n) is 5.61. The van der Waals surface area contributed by atoms with Crippen LogP contribution < -0.4 is 4.72 Å². The lowest BCUT2D eigenvalue weighted by molar-refractivity contribution is 0.0730. The molecular formula is C23H23BrN2O7S3. The van der Waals surface area contributed by atoms with Crippen molar-refractivity contribution >= 4 is 51.5 Å². The van der Waals surface area contributed by atoms with Crippen molar-refractivity contribution in [1.29, 1.82) is 0 Å². The molecular weight excluding hydrogens is 592 g/mol. The van der Waals surface area contributed by atoms with Crippen LogP contribution in [0.25, 0.3) is 0 Å². The first-order chi connectivity index (χ1) is 16.9. The number of sulfonamides is 2. The number of morpholine rings is 1. The number of nitrogens with one attached hydrogen (secondary N) is 1. The molecule has 1 aliphatic rings. The Balaban J connectivity index is 1.66. The summed E-state index contributed by atoms with van der Waals surface area (Å²) in [5, 5.41) is 0. The molecule has 0 aliphatic carbocycles. The number of hydrogen-bond acceptors (Lipinski definition) is 7. The number of benzene rings is 3. The molecule has 36 heavy (non-hydrogen) atoms. The number of hydrogen-bond donors (Lipinski definition) is 1. The van der Waals surface area contributed by atoms with Gasteiger partial charge in [-0.25, -0.2) is 25.3 Å². The van der Waals surface area contributed by atoms with Crippen LogP contribution in [0.15, 0.2) is 90.8 Å². The van der Waals surface area contributed by atoms with Crippen molar-refractivity contribution in [1.82, 2.24) is 4.31 Å². The zero-order valence-corrected chi connectivity index (χ0v) is 23.1. The second kappa shape index (κ2) is 10.2. The van der Waals surface area contributed by atoms with Crippen molar-refractivity contribution < 1.29 is 30.0 Å². The molecule has 0 saturated carbocycles. The van der Waals surface area contributed by atoms with Crippen molar-refractivity contribution in [3.63, 3.8) is 0 Å². The fourth-order valence-corrected chi connectivity index (χ4v) is 7.82. The number of aryl methyl sites for hydroxylation is 1. The first-order valence-corrected chi connectivity index (χ1v) is 15.9. The molecule has 0 aromatic heterocycles. The Labute approximate surface area is 219 Å². The van der Waals surface area contributed by atoms with Gasteiger partial charge in [-0.1, -0.05) is 28.1 Å². The van der Waals surface area contributed by atoms with Gasteiger partial charge in [-0.3, -0.25) is 4.72 Å². The van der Waals surface area contributed by atoms with Crippen molar-refractivity contribution in [2.45, 2.75) is 26.5 Å². The van der Waals surface area contributed by atoms with Gasteiger partial charge in [0.15, 0.2) is 0 Å². The third-order valence-corrected chi connectivity index (χ3v) is 11.2. The summed E-state index contributed by atoms with van der Waals surface area (Å²) in [5.74, 6) is 0. The molecule has 0 radical (unpaired) electrons. The summed E-state index contributed by atoms with van der Waals surface area (Å²) >= 11 is 3.25. The van der Waals surface area contributed by atoms with E-state index in [0.29, 0.717) is 10.0 Å². The zero-order valence-electron chi connectivity index (χ0n) is 19.1. The molecule has 0 atom stereocenters. The van der Waals surface area contributed by atoms with Crippen molar-refractivity contribution in [3.8, 4) is 0 Å². The van der Waals surface area contributed by atoms with Gasteiger partial charge in [-0.15, -0.1) is 0 Å². The molecule has 1 heterocycles. The summed E-state index contributed by atoms with van der Waals surface area (Å²) in [6.07, 6.45) is 0. The summed E-state index contributed by atoms with van der Waals surface area (Å²) < 4.78 is 88.1. The summed E-state index contributed by atoms with van der Waals surface area (Å²) in [4.78, 5) is -0.501. The molecule has 192 valence electrons. The molecule has 4 rings (SSSR count). The van der Waals surface area contributed by atoms with E-state index in [1.165, 1.54) is 52.8 Å². The quantitative estimate of drug-likeness (QED) is 0.432. The Morgan fingerprint density at radius 2 is 1.39 bits per heavy atom. The Morgan fingerprint density at radius 3 is 2.06 bits per heavy atom. The average Bonchev–Trinajstić information content (AvgIpc) is 2.86. The summed E-state index contributed by atoms with van der Waals surface area (Å²) in [6.45, 7) is 2.61. The lowest BCUT2D eigenvalue weighted by atomic mass is 10.2. The minimum atomic E-state index is -4.25. The van der Waals surface area contributed by atoms with Crippen LogP contribution in [0.5, 0.6) is 0 Å². The van der Waals surface area contributed by atoms with Crippen LogP contribution in [0, 0.1) is 6.92 Å². The standard InChI is InChI=1S/C23H23BrN2O7S3/c1-17-5-8-22(36(31,32)26-11-13-33-14-12-26)16-23(17)25-35(29,30)21-4-2-3-20(15-21)34(27,28)19-9-6-18(24)7-10-19/h2-10,15-16,25H,11-14H2,1H3. The predicted molar refractivity (Wildman–Crippen MR) is 138 cm³/mol. The highest BCUT2D eigenvalue weighted by Crippen LogP contribution is 2.28. The maximum Gasteiger partial charge on any atom is 0.261 e. The molecule has 0 spiro atoms. The summed E-state index contributed by atoms with van der Waals surface area (Å²) in [7, 11) is -12.1. The number of halogens is 1. The number of rotatable bonds is 7.